The number of rotatable bonds is 6. The van der Waals surface area contributed by atoms with E-state index in [2.05, 4.69) is 41.5 Å². The molecule has 1 amide bonds. The molecule has 1 aliphatic rings. The molecule has 0 radical (unpaired) electrons. The first kappa shape index (κ1) is 22.2. The number of hydrogen-bond acceptors (Lipinski definition) is 3. The van der Waals surface area contributed by atoms with Crippen molar-refractivity contribution in [3.8, 4) is 0 Å². The molecule has 2 rings (SSSR count). The number of anilines is 1. The molecular weight excluding hydrogens is 333 g/mol. The van der Waals surface area contributed by atoms with Crippen LogP contribution in [0.5, 0.6) is 0 Å². The molecule has 1 atom stereocenters. The van der Waals surface area contributed by atoms with E-state index in [0.29, 0.717) is 0 Å². The van der Waals surface area contributed by atoms with Crippen molar-refractivity contribution in [2.45, 2.75) is 33.2 Å². The van der Waals surface area contributed by atoms with Gasteiger partial charge in [-0.2, -0.15) is 0 Å². The van der Waals surface area contributed by atoms with E-state index in [1.165, 1.54) is 5.56 Å². The van der Waals surface area contributed by atoms with E-state index in [1.807, 2.05) is 12.1 Å². The standard InChI is InChI=1S/C17H27N3O.2ClH/c1-3-20(4-2)13-14-7-5-9-16(11-14)19-17(21)15-8-6-10-18-12-15;;/h5,7,9,11,15,18H,3-4,6,8,10,12-13H2,1-2H3,(H,19,21);2*1H/t15-;;/m1../s1. The van der Waals surface area contributed by atoms with Crippen LogP contribution in [0.4, 0.5) is 5.69 Å². The third kappa shape index (κ3) is 7.08. The Kier molecular flexibility index (Phi) is 11.3. The third-order valence-corrected chi connectivity index (χ3v) is 4.16. The zero-order chi connectivity index (χ0) is 15.1. The van der Waals surface area contributed by atoms with Crippen LogP contribution in [0.3, 0.4) is 0 Å². The fourth-order valence-electron chi connectivity index (χ4n) is 2.77. The Morgan fingerprint density at radius 2 is 2.04 bits per heavy atom. The summed E-state index contributed by atoms with van der Waals surface area (Å²) >= 11 is 0. The maximum absolute atomic E-state index is 12.3. The van der Waals surface area contributed by atoms with E-state index in [-0.39, 0.29) is 36.6 Å². The van der Waals surface area contributed by atoms with E-state index in [4.69, 9.17) is 0 Å². The first-order valence-corrected chi connectivity index (χ1v) is 8.05. The molecule has 23 heavy (non-hydrogen) atoms. The molecule has 0 bridgehead atoms. The molecule has 4 nitrogen and oxygen atoms in total. The van der Waals surface area contributed by atoms with Crippen LogP contribution in [-0.4, -0.2) is 37.0 Å². The summed E-state index contributed by atoms with van der Waals surface area (Å²) in [5.41, 5.74) is 2.16. The number of carbonyl (C=O) groups is 1. The van der Waals surface area contributed by atoms with Crippen molar-refractivity contribution in [2.24, 2.45) is 5.92 Å². The first-order valence-electron chi connectivity index (χ1n) is 8.05. The van der Waals surface area contributed by atoms with Crippen molar-refractivity contribution in [1.82, 2.24) is 10.2 Å². The third-order valence-electron chi connectivity index (χ3n) is 4.16. The van der Waals surface area contributed by atoms with Crippen molar-refractivity contribution in [2.75, 3.05) is 31.5 Å². The Hall–Kier alpha value is -0.810. The molecular formula is C17H29Cl2N3O. The zero-order valence-corrected chi connectivity index (χ0v) is 15.6. The second-order valence-electron chi connectivity index (χ2n) is 5.69. The van der Waals surface area contributed by atoms with Crippen LogP contribution >= 0.6 is 24.8 Å². The fraction of sp³-hybridized carbons (Fsp3) is 0.588. The van der Waals surface area contributed by atoms with Gasteiger partial charge < -0.3 is 10.6 Å². The number of carbonyl (C=O) groups excluding carboxylic acids is 1. The van der Waals surface area contributed by atoms with Gasteiger partial charge in [-0.15, -0.1) is 24.8 Å². The Bertz CT molecular complexity index is 461. The lowest BCUT2D eigenvalue weighted by atomic mass is 9.99. The van der Waals surface area contributed by atoms with Crippen LogP contribution in [0.15, 0.2) is 24.3 Å². The fourth-order valence-corrected chi connectivity index (χ4v) is 2.77. The number of halogens is 2. The molecule has 0 spiro atoms. The molecule has 132 valence electrons. The van der Waals surface area contributed by atoms with Gasteiger partial charge in [0, 0.05) is 18.8 Å². The van der Waals surface area contributed by atoms with Gasteiger partial charge in [0.15, 0.2) is 0 Å². The van der Waals surface area contributed by atoms with E-state index >= 15 is 0 Å². The average Bonchev–Trinajstić information content (AvgIpc) is 2.53. The van der Waals surface area contributed by atoms with Crippen LogP contribution in [0.1, 0.15) is 32.3 Å². The van der Waals surface area contributed by atoms with Crippen LogP contribution in [0.2, 0.25) is 0 Å². The molecule has 1 fully saturated rings. The summed E-state index contributed by atoms with van der Waals surface area (Å²) in [5, 5.41) is 6.35. The lowest BCUT2D eigenvalue weighted by Crippen LogP contribution is -2.37. The highest BCUT2D eigenvalue weighted by Crippen LogP contribution is 2.16. The highest BCUT2D eigenvalue weighted by molar-refractivity contribution is 5.92. The Morgan fingerprint density at radius 3 is 2.65 bits per heavy atom. The number of nitrogens with zero attached hydrogens (tertiary/aromatic N) is 1. The molecule has 6 heteroatoms. The van der Waals surface area contributed by atoms with Crippen molar-refractivity contribution >= 4 is 36.4 Å². The molecule has 0 saturated carbocycles. The van der Waals surface area contributed by atoms with Gasteiger partial charge in [-0.1, -0.05) is 26.0 Å². The molecule has 0 unspecified atom stereocenters. The lowest BCUT2D eigenvalue weighted by molar-refractivity contribution is -0.120. The Morgan fingerprint density at radius 1 is 1.30 bits per heavy atom. The second kappa shape index (κ2) is 11.7. The van der Waals surface area contributed by atoms with Gasteiger partial charge in [-0.05, 0) is 50.2 Å². The van der Waals surface area contributed by atoms with Gasteiger partial charge in [-0.25, -0.2) is 0 Å². The molecule has 1 aromatic carbocycles. The van der Waals surface area contributed by atoms with Crippen molar-refractivity contribution in [1.29, 1.82) is 0 Å². The van der Waals surface area contributed by atoms with Gasteiger partial charge in [0.2, 0.25) is 5.91 Å². The minimum absolute atomic E-state index is 0. The van der Waals surface area contributed by atoms with Crippen LogP contribution in [0, 0.1) is 5.92 Å². The summed E-state index contributed by atoms with van der Waals surface area (Å²) in [4.78, 5) is 14.6. The summed E-state index contributed by atoms with van der Waals surface area (Å²) in [6.45, 7) is 9.19. The van der Waals surface area contributed by atoms with Crippen molar-refractivity contribution < 1.29 is 4.79 Å². The number of amides is 1. The highest BCUT2D eigenvalue weighted by atomic mass is 35.5. The molecule has 1 aliphatic heterocycles. The zero-order valence-electron chi connectivity index (χ0n) is 14.0. The monoisotopic (exact) mass is 361 g/mol. The maximum Gasteiger partial charge on any atom is 0.228 e. The lowest BCUT2D eigenvalue weighted by Gasteiger charge is -2.22. The van der Waals surface area contributed by atoms with E-state index in [9.17, 15) is 4.79 Å². The van der Waals surface area contributed by atoms with Crippen molar-refractivity contribution in [3.63, 3.8) is 0 Å². The number of piperidine rings is 1. The number of hydrogen-bond donors (Lipinski definition) is 2. The summed E-state index contributed by atoms with van der Waals surface area (Å²) in [6, 6.07) is 8.20. The molecule has 0 aromatic heterocycles. The van der Waals surface area contributed by atoms with Crippen LogP contribution < -0.4 is 10.6 Å². The predicted octanol–water partition coefficient (Wildman–Crippen LogP) is 3.31. The summed E-state index contributed by atoms with van der Waals surface area (Å²) in [7, 11) is 0. The normalized spacial score (nSPS) is 17.1. The topological polar surface area (TPSA) is 44.4 Å². The molecule has 2 N–H and O–H groups in total. The van der Waals surface area contributed by atoms with Crippen molar-refractivity contribution in [3.05, 3.63) is 29.8 Å². The Balaban J connectivity index is 0.00000242. The Labute approximate surface area is 152 Å². The SMILES string of the molecule is CCN(CC)Cc1cccc(NC(=O)[C@@H]2CCCNC2)c1.Cl.Cl. The average molecular weight is 362 g/mol. The molecule has 1 aromatic rings. The van der Waals surface area contributed by atoms with Gasteiger partial charge in [-0.3, -0.25) is 9.69 Å². The summed E-state index contributed by atoms with van der Waals surface area (Å²) < 4.78 is 0. The first-order chi connectivity index (χ1) is 10.2. The smallest absolute Gasteiger partial charge is 0.228 e. The molecule has 1 saturated heterocycles. The van der Waals surface area contributed by atoms with E-state index < -0.39 is 0 Å². The van der Waals surface area contributed by atoms with Gasteiger partial charge in [0.25, 0.3) is 0 Å². The minimum atomic E-state index is 0. The quantitative estimate of drug-likeness (QED) is 0.816. The summed E-state index contributed by atoms with van der Waals surface area (Å²) in [6.07, 6.45) is 2.07. The van der Waals surface area contributed by atoms with Gasteiger partial charge in [0.1, 0.15) is 0 Å². The second-order valence-corrected chi connectivity index (χ2v) is 5.69. The van der Waals surface area contributed by atoms with Gasteiger partial charge >= 0.3 is 0 Å². The highest BCUT2D eigenvalue weighted by Gasteiger charge is 2.20. The minimum Gasteiger partial charge on any atom is -0.326 e. The largest absolute Gasteiger partial charge is 0.326 e. The van der Waals surface area contributed by atoms with E-state index in [0.717, 1.165) is 51.3 Å². The summed E-state index contributed by atoms with van der Waals surface area (Å²) in [5.74, 6) is 0.243. The number of nitrogens with one attached hydrogen (secondary N) is 2. The van der Waals surface area contributed by atoms with Crippen LogP contribution in [-0.2, 0) is 11.3 Å². The van der Waals surface area contributed by atoms with Gasteiger partial charge in [0.05, 0.1) is 5.92 Å². The van der Waals surface area contributed by atoms with Crippen LogP contribution in [0.25, 0.3) is 0 Å². The van der Waals surface area contributed by atoms with E-state index in [1.54, 1.807) is 0 Å². The molecule has 1 heterocycles. The molecule has 0 aliphatic carbocycles. The predicted molar refractivity (Wildman–Crippen MR) is 102 cm³/mol. The maximum atomic E-state index is 12.3. The number of benzene rings is 1.